The van der Waals surface area contributed by atoms with Crippen LogP contribution in [0, 0.1) is 10.1 Å². The SMILES string of the molecule is CN(Cc1ccccc1OC(F)(F)F)C(=O)c1cc([N+](=O)[O-])ccc1Cl. The first-order chi connectivity index (χ1) is 12.1. The molecule has 0 atom stereocenters. The molecule has 0 aliphatic carbocycles. The lowest BCUT2D eigenvalue weighted by Gasteiger charge is -2.20. The van der Waals surface area contributed by atoms with Crippen LogP contribution in [0.2, 0.25) is 5.02 Å². The first-order valence-electron chi connectivity index (χ1n) is 7.11. The van der Waals surface area contributed by atoms with Gasteiger partial charge < -0.3 is 9.64 Å². The molecule has 2 aromatic rings. The maximum absolute atomic E-state index is 12.5. The number of halogens is 4. The lowest BCUT2D eigenvalue weighted by atomic mass is 10.1. The third kappa shape index (κ3) is 4.85. The molecule has 0 unspecified atom stereocenters. The molecule has 0 N–H and O–H groups in total. The van der Waals surface area contributed by atoms with Crippen molar-refractivity contribution in [3.05, 3.63) is 68.7 Å². The third-order valence-electron chi connectivity index (χ3n) is 3.34. The van der Waals surface area contributed by atoms with Gasteiger partial charge in [0.2, 0.25) is 0 Å². The van der Waals surface area contributed by atoms with Crippen molar-refractivity contribution in [1.29, 1.82) is 0 Å². The Kier molecular flexibility index (Phi) is 5.71. The minimum Gasteiger partial charge on any atom is -0.405 e. The lowest BCUT2D eigenvalue weighted by molar-refractivity contribution is -0.384. The number of para-hydroxylation sites is 1. The van der Waals surface area contributed by atoms with Crippen LogP contribution in [0.4, 0.5) is 18.9 Å². The van der Waals surface area contributed by atoms with E-state index in [1.807, 2.05) is 0 Å². The van der Waals surface area contributed by atoms with Gasteiger partial charge in [-0.15, -0.1) is 13.2 Å². The second kappa shape index (κ2) is 7.61. The van der Waals surface area contributed by atoms with Gasteiger partial charge in [0, 0.05) is 31.3 Å². The molecule has 0 aliphatic rings. The quantitative estimate of drug-likeness (QED) is 0.561. The number of ether oxygens (including phenoxy) is 1. The number of nitrogens with zero attached hydrogens (tertiary/aromatic N) is 2. The van der Waals surface area contributed by atoms with E-state index in [4.69, 9.17) is 11.6 Å². The number of alkyl halides is 3. The summed E-state index contributed by atoms with van der Waals surface area (Å²) < 4.78 is 41.4. The van der Waals surface area contributed by atoms with E-state index in [9.17, 15) is 28.1 Å². The zero-order chi connectivity index (χ0) is 19.5. The van der Waals surface area contributed by atoms with Crippen molar-refractivity contribution >= 4 is 23.2 Å². The van der Waals surface area contributed by atoms with Gasteiger partial charge in [0.05, 0.1) is 15.5 Å². The summed E-state index contributed by atoms with van der Waals surface area (Å²) in [5, 5.41) is 10.8. The van der Waals surface area contributed by atoms with Gasteiger partial charge in [-0.05, 0) is 12.1 Å². The standard InChI is InChI=1S/C16H12ClF3N2O4/c1-21(9-10-4-2-3-5-14(10)26-16(18,19)20)15(23)12-8-11(22(24)25)6-7-13(12)17/h2-8H,9H2,1H3. The van der Waals surface area contributed by atoms with Crippen molar-refractivity contribution in [1.82, 2.24) is 4.90 Å². The summed E-state index contributed by atoms with van der Waals surface area (Å²) >= 11 is 5.92. The van der Waals surface area contributed by atoms with Crippen LogP contribution in [-0.2, 0) is 6.54 Å². The van der Waals surface area contributed by atoms with Crippen molar-refractivity contribution in [2.75, 3.05) is 7.05 Å². The number of carbonyl (C=O) groups excluding carboxylic acids is 1. The normalized spacial score (nSPS) is 11.1. The summed E-state index contributed by atoms with van der Waals surface area (Å²) in [4.78, 5) is 23.7. The Morgan fingerprint density at radius 2 is 1.92 bits per heavy atom. The molecule has 0 fully saturated rings. The van der Waals surface area contributed by atoms with Crippen LogP contribution in [0.15, 0.2) is 42.5 Å². The van der Waals surface area contributed by atoms with Gasteiger partial charge in [0.25, 0.3) is 11.6 Å². The second-order valence-corrected chi connectivity index (χ2v) is 5.65. The Hall–Kier alpha value is -2.81. The number of carbonyl (C=O) groups is 1. The number of non-ortho nitro benzene ring substituents is 1. The van der Waals surface area contributed by atoms with E-state index < -0.39 is 22.9 Å². The molecular formula is C16H12ClF3N2O4. The summed E-state index contributed by atoms with van der Waals surface area (Å²) in [6.45, 7) is -0.218. The summed E-state index contributed by atoms with van der Waals surface area (Å²) in [6.07, 6.45) is -4.87. The average Bonchev–Trinajstić information content (AvgIpc) is 2.54. The highest BCUT2D eigenvalue weighted by Crippen LogP contribution is 2.28. The topological polar surface area (TPSA) is 72.7 Å². The van der Waals surface area contributed by atoms with Crippen molar-refractivity contribution < 1.29 is 27.6 Å². The fraction of sp³-hybridized carbons (Fsp3) is 0.188. The van der Waals surface area contributed by atoms with E-state index >= 15 is 0 Å². The van der Waals surface area contributed by atoms with E-state index in [0.717, 1.165) is 23.1 Å². The minimum absolute atomic E-state index is 0.00715. The first-order valence-corrected chi connectivity index (χ1v) is 7.49. The fourth-order valence-corrected chi connectivity index (χ4v) is 2.38. The fourth-order valence-electron chi connectivity index (χ4n) is 2.18. The van der Waals surface area contributed by atoms with Crippen molar-refractivity contribution in [3.63, 3.8) is 0 Å². The number of rotatable bonds is 5. The molecule has 26 heavy (non-hydrogen) atoms. The van der Waals surface area contributed by atoms with Crippen LogP contribution in [0.1, 0.15) is 15.9 Å². The second-order valence-electron chi connectivity index (χ2n) is 5.24. The maximum atomic E-state index is 12.5. The Balaban J connectivity index is 2.26. The molecule has 0 heterocycles. The first kappa shape index (κ1) is 19.5. The van der Waals surface area contributed by atoms with Gasteiger partial charge in [-0.1, -0.05) is 29.8 Å². The van der Waals surface area contributed by atoms with Crippen molar-refractivity contribution in [2.45, 2.75) is 12.9 Å². The highest BCUT2D eigenvalue weighted by Gasteiger charge is 2.32. The Bertz CT molecular complexity index is 842. The van der Waals surface area contributed by atoms with Crippen LogP contribution in [0.3, 0.4) is 0 Å². The highest BCUT2D eigenvalue weighted by molar-refractivity contribution is 6.33. The molecule has 6 nitrogen and oxygen atoms in total. The number of hydrogen-bond acceptors (Lipinski definition) is 4. The smallest absolute Gasteiger partial charge is 0.405 e. The largest absolute Gasteiger partial charge is 0.573 e. The van der Waals surface area contributed by atoms with Crippen LogP contribution < -0.4 is 4.74 Å². The molecule has 138 valence electrons. The van der Waals surface area contributed by atoms with E-state index in [-0.39, 0.29) is 28.4 Å². The zero-order valence-electron chi connectivity index (χ0n) is 13.3. The van der Waals surface area contributed by atoms with Crippen LogP contribution in [-0.4, -0.2) is 29.1 Å². The zero-order valence-corrected chi connectivity index (χ0v) is 14.0. The van der Waals surface area contributed by atoms with Gasteiger partial charge in [-0.3, -0.25) is 14.9 Å². The summed E-state index contributed by atoms with van der Waals surface area (Å²) in [6, 6.07) is 8.73. The Morgan fingerprint density at radius 3 is 2.54 bits per heavy atom. The lowest BCUT2D eigenvalue weighted by Crippen LogP contribution is -2.27. The van der Waals surface area contributed by atoms with Gasteiger partial charge >= 0.3 is 6.36 Å². The predicted molar refractivity (Wildman–Crippen MR) is 87.0 cm³/mol. The van der Waals surface area contributed by atoms with Gasteiger partial charge in [0.1, 0.15) is 5.75 Å². The summed E-state index contributed by atoms with van der Waals surface area (Å²) in [5.74, 6) is -1.12. The highest BCUT2D eigenvalue weighted by atomic mass is 35.5. The van der Waals surface area contributed by atoms with E-state index in [0.29, 0.717) is 0 Å². The number of benzene rings is 2. The average molecular weight is 389 g/mol. The van der Waals surface area contributed by atoms with Crippen LogP contribution >= 0.6 is 11.6 Å². The summed E-state index contributed by atoms with van der Waals surface area (Å²) in [5.41, 5.74) is -0.341. The van der Waals surface area contributed by atoms with Crippen molar-refractivity contribution in [2.24, 2.45) is 0 Å². The number of nitro benzene ring substituents is 1. The van der Waals surface area contributed by atoms with Crippen LogP contribution in [0.25, 0.3) is 0 Å². The molecule has 1 amide bonds. The van der Waals surface area contributed by atoms with Crippen LogP contribution in [0.5, 0.6) is 5.75 Å². The monoisotopic (exact) mass is 388 g/mol. The molecular weight excluding hydrogens is 377 g/mol. The Labute approximate surface area is 150 Å². The number of amides is 1. The van der Waals surface area contributed by atoms with Gasteiger partial charge in [-0.25, -0.2) is 0 Å². The van der Waals surface area contributed by atoms with E-state index in [1.54, 1.807) is 0 Å². The molecule has 0 saturated heterocycles. The summed E-state index contributed by atoms with van der Waals surface area (Å²) in [7, 11) is 1.34. The van der Waals surface area contributed by atoms with Gasteiger partial charge in [-0.2, -0.15) is 0 Å². The van der Waals surface area contributed by atoms with E-state index in [1.165, 1.54) is 31.3 Å². The molecule has 0 bridgehead atoms. The third-order valence-corrected chi connectivity index (χ3v) is 3.67. The van der Waals surface area contributed by atoms with Gasteiger partial charge in [0.15, 0.2) is 0 Å². The number of hydrogen-bond donors (Lipinski definition) is 0. The van der Waals surface area contributed by atoms with E-state index in [2.05, 4.69) is 4.74 Å². The molecule has 10 heteroatoms. The minimum atomic E-state index is -4.87. The molecule has 0 aromatic heterocycles. The molecule has 0 saturated carbocycles. The number of nitro groups is 1. The molecule has 0 radical (unpaired) electrons. The molecule has 0 spiro atoms. The van der Waals surface area contributed by atoms with Crippen molar-refractivity contribution in [3.8, 4) is 5.75 Å². The Morgan fingerprint density at radius 1 is 1.27 bits per heavy atom. The molecule has 2 rings (SSSR count). The predicted octanol–water partition coefficient (Wildman–Crippen LogP) is 4.42. The maximum Gasteiger partial charge on any atom is 0.573 e. The molecule has 0 aliphatic heterocycles. The molecule has 2 aromatic carbocycles.